The first kappa shape index (κ1) is 19.7. The van der Waals surface area contributed by atoms with Crippen LogP contribution in [0.3, 0.4) is 0 Å². The molecule has 2 heterocycles. The number of carbonyl (C=O) groups excluding carboxylic acids is 1. The lowest BCUT2D eigenvalue weighted by molar-refractivity contribution is 0.0694. The predicted octanol–water partition coefficient (Wildman–Crippen LogP) is 1.71. The minimum absolute atomic E-state index is 0.0212. The third-order valence-corrected chi connectivity index (χ3v) is 5.47. The van der Waals surface area contributed by atoms with Crippen LogP contribution in [0.4, 0.5) is 0 Å². The number of furan rings is 2. The van der Waals surface area contributed by atoms with Crippen molar-refractivity contribution in [3.05, 3.63) is 40.5 Å². The zero-order valence-corrected chi connectivity index (χ0v) is 15.9. The molecule has 1 N–H and O–H groups in total. The molecule has 26 heavy (non-hydrogen) atoms. The van der Waals surface area contributed by atoms with Gasteiger partial charge >= 0.3 is 5.97 Å². The lowest BCUT2D eigenvalue weighted by atomic mass is 10.2. The van der Waals surface area contributed by atoms with Crippen molar-refractivity contribution in [3.63, 3.8) is 0 Å². The molecule has 0 aliphatic rings. The lowest BCUT2D eigenvalue weighted by Gasteiger charge is -2.15. The summed E-state index contributed by atoms with van der Waals surface area (Å²) in [5, 5.41) is 8.73. The maximum atomic E-state index is 12.6. The van der Waals surface area contributed by atoms with E-state index in [2.05, 4.69) is 0 Å². The molecule has 9 nitrogen and oxygen atoms in total. The van der Waals surface area contributed by atoms with Crippen molar-refractivity contribution in [1.82, 2.24) is 9.21 Å². The van der Waals surface area contributed by atoms with Crippen LogP contribution in [-0.2, 0) is 16.6 Å². The van der Waals surface area contributed by atoms with Crippen molar-refractivity contribution in [2.45, 2.75) is 25.5 Å². The minimum Gasteiger partial charge on any atom is -0.478 e. The second kappa shape index (κ2) is 6.96. The van der Waals surface area contributed by atoms with Crippen LogP contribution in [0.1, 0.15) is 38.0 Å². The molecular weight excluding hydrogens is 364 g/mol. The van der Waals surface area contributed by atoms with Crippen molar-refractivity contribution < 1.29 is 31.9 Å². The number of aromatic carboxylic acids is 1. The Labute approximate surface area is 150 Å². The van der Waals surface area contributed by atoms with Gasteiger partial charge in [0, 0.05) is 27.2 Å². The number of rotatable bonds is 6. The van der Waals surface area contributed by atoms with E-state index in [1.165, 1.54) is 52.0 Å². The van der Waals surface area contributed by atoms with Gasteiger partial charge in [0.15, 0.2) is 0 Å². The Morgan fingerprint density at radius 3 is 2.12 bits per heavy atom. The molecule has 0 aliphatic carbocycles. The molecule has 0 aromatic carbocycles. The topological polar surface area (TPSA) is 121 Å². The largest absolute Gasteiger partial charge is 0.478 e. The molecule has 2 rings (SSSR count). The van der Waals surface area contributed by atoms with E-state index >= 15 is 0 Å². The molecule has 10 heteroatoms. The maximum absolute atomic E-state index is 12.6. The van der Waals surface area contributed by atoms with Gasteiger partial charge in [-0.25, -0.2) is 17.5 Å². The summed E-state index contributed by atoms with van der Waals surface area (Å²) >= 11 is 0. The molecule has 0 atom stereocenters. The number of carboxylic acid groups (broad SMARTS) is 1. The summed E-state index contributed by atoms with van der Waals surface area (Å²) in [4.78, 5) is 24.9. The van der Waals surface area contributed by atoms with Crippen molar-refractivity contribution >= 4 is 21.9 Å². The molecule has 0 unspecified atom stereocenters. The summed E-state index contributed by atoms with van der Waals surface area (Å²) < 4.78 is 35.8. The van der Waals surface area contributed by atoms with Gasteiger partial charge in [-0.3, -0.25) is 4.79 Å². The molecule has 142 valence electrons. The first-order valence-corrected chi connectivity index (χ1v) is 9.00. The fourth-order valence-corrected chi connectivity index (χ4v) is 3.18. The van der Waals surface area contributed by atoms with Crippen LogP contribution >= 0.6 is 0 Å². The van der Waals surface area contributed by atoms with E-state index in [0.717, 1.165) is 4.31 Å². The number of sulfonamides is 1. The highest BCUT2D eigenvalue weighted by molar-refractivity contribution is 7.88. The molecule has 0 spiro atoms. The number of amides is 1. The maximum Gasteiger partial charge on any atom is 0.339 e. The van der Waals surface area contributed by atoms with Crippen LogP contribution in [0.2, 0.25) is 0 Å². The molecular formula is C16H20N2O7S. The zero-order valence-electron chi connectivity index (χ0n) is 15.1. The van der Waals surface area contributed by atoms with Crippen molar-refractivity contribution in [3.8, 4) is 0 Å². The van der Waals surface area contributed by atoms with Gasteiger partial charge in [-0.2, -0.15) is 0 Å². The standard InChI is InChI=1S/C16H20N2O7S/c1-9-12(7-14(25-9)26(22,23)17(3)4)15(19)18(5)8-11-6-13(16(20)21)10(2)24-11/h6-7H,8H2,1-5H3,(H,20,21). The number of carbonyl (C=O) groups is 2. The monoisotopic (exact) mass is 384 g/mol. The Hall–Kier alpha value is -2.59. The zero-order chi connectivity index (χ0) is 19.8. The molecule has 0 saturated heterocycles. The van der Waals surface area contributed by atoms with Gasteiger partial charge < -0.3 is 18.8 Å². The van der Waals surface area contributed by atoms with Crippen molar-refractivity contribution in [2.75, 3.05) is 21.1 Å². The van der Waals surface area contributed by atoms with Gasteiger partial charge in [-0.15, -0.1) is 0 Å². The Morgan fingerprint density at radius 1 is 1.04 bits per heavy atom. The molecule has 0 radical (unpaired) electrons. The average Bonchev–Trinajstić information content (AvgIpc) is 3.09. The Balaban J connectivity index is 2.25. The van der Waals surface area contributed by atoms with Gasteiger partial charge in [-0.1, -0.05) is 0 Å². The highest BCUT2D eigenvalue weighted by atomic mass is 32.2. The summed E-state index contributed by atoms with van der Waals surface area (Å²) in [6.07, 6.45) is 0. The summed E-state index contributed by atoms with van der Waals surface area (Å²) in [7, 11) is 0.419. The number of nitrogens with zero attached hydrogens (tertiary/aromatic N) is 2. The third-order valence-electron chi connectivity index (χ3n) is 3.80. The van der Waals surface area contributed by atoms with Crippen LogP contribution < -0.4 is 0 Å². The van der Waals surface area contributed by atoms with E-state index in [4.69, 9.17) is 13.9 Å². The predicted molar refractivity (Wildman–Crippen MR) is 90.5 cm³/mol. The minimum atomic E-state index is -3.80. The number of hydrogen-bond acceptors (Lipinski definition) is 6. The highest BCUT2D eigenvalue weighted by Crippen LogP contribution is 2.23. The normalized spacial score (nSPS) is 11.8. The summed E-state index contributed by atoms with van der Waals surface area (Å²) in [5.41, 5.74) is 0.134. The summed E-state index contributed by atoms with van der Waals surface area (Å²) in [6.45, 7) is 3.04. The number of carboxylic acids is 1. The van der Waals surface area contributed by atoms with E-state index in [9.17, 15) is 18.0 Å². The Morgan fingerprint density at radius 2 is 1.62 bits per heavy atom. The molecule has 0 bridgehead atoms. The first-order valence-electron chi connectivity index (χ1n) is 7.56. The third kappa shape index (κ3) is 3.65. The van der Waals surface area contributed by atoms with Gasteiger partial charge in [0.05, 0.1) is 12.1 Å². The van der Waals surface area contributed by atoms with E-state index < -0.39 is 21.9 Å². The highest BCUT2D eigenvalue weighted by Gasteiger charge is 2.27. The molecule has 2 aromatic heterocycles. The summed E-state index contributed by atoms with van der Waals surface area (Å²) in [5.74, 6) is -0.873. The number of aryl methyl sites for hydroxylation is 2. The van der Waals surface area contributed by atoms with E-state index in [0.29, 0.717) is 5.76 Å². The van der Waals surface area contributed by atoms with Crippen LogP contribution in [-0.4, -0.2) is 55.7 Å². The van der Waals surface area contributed by atoms with Crippen LogP contribution in [0.25, 0.3) is 0 Å². The van der Waals surface area contributed by atoms with Crippen LogP contribution in [0.5, 0.6) is 0 Å². The van der Waals surface area contributed by atoms with Gasteiger partial charge in [-0.05, 0) is 19.9 Å². The summed E-state index contributed by atoms with van der Waals surface area (Å²) in [6, 6.07) is 2.53. The second-order valence-corrected chi connectivity index (χ2v) is 8.05. The molecule has 0 fully saturated rings. The molecule has 2 aromatic rings. The van der Waals surface area contributed by atoms with Gasteiger partial charge in [0.2, 0.25) is 5.09 Å². The van der Waals surface area contributed by atoms with Crippen molar-refractivity contribution in [2.24, 2.45) is 0 Å². The van der Waals surface area contributed by atoms with Gasteiger partial charge in [0.1, 0.15) is 22.8 Å². The fraction of sp³-hybridized carbons (Fsp3) is 0.375. The quantitative estimate of drug-likeness (QED) is 0.804. The number of hydrogen-bond donors (Lipinski definition) is 1. The fourth-order valence-electron chi connectivity index (χ4n) is 2.32. The lowest BCUT2D eigenvalue weighted by Crippen LogP contribution is -2.26. The van der Waals surface area contributed by atoms with Crippen LogP contribution in [0.15, 0.2) is 26.1 Å². The van der Waals surface area contributed by atoms with E-state index in [1.807, 2.05) is 0 Å². The molecule has 0 saturated carbocycles. The molecule has 0 aliphatic heterocycles. The molecule has 1 amide bonds. The Bertz CT molecular complexity index is 953. The van der Waals surface area contributed by atoms with E-state index in [1.54, 1.807) is 0 Å². The van der Waals surface area contributed by atoms with Crippen molar-refractivity contribution in [1.29, 1.82) is 0 Å². The van der Waals surface area contributed by atoms with Gasteiger partial charge in [0.25, 0.3) is 15.9 Å². The first-order chi connectivity index (χ1) is 11.9. The van der Waals surface area contributed by atoms with Crippen LogP contribution in [0, 0.1) is 13.8 Å². The SMILES string of the molecule is Cc1oc(CN(C)C(=O)c2cc(S(=O)(=O)N(C)C)oc2C)cc1C(=O)O. The average molecular weight is 384 g/mol. The van der Waals surface area contributed by atoms with E-state index in [-0.39, 0.29) is 34.3 Å². The smallest absolute Gasteiger partial charge is 0.339 e. The second-order valence-electron chi connectivity index (χ2n) is 5.97. The Kier molecular flexibility index (Phi) is 5.28.